The summed E-state index contributed by atoms with van der Waals surface area (Å²) in [5.74, 6) is 1.30. The van der Waals surface area contributed by atoms with Crippen LogP contribution in [0, 0.1) is 13.8 Å². The van der Waals surface area contributed by atoms with Crippen LogP contribution in [-0.4, -0.2) is 34.0 Å². The molecule has 1 saturated heterocycles. The highest BCUT2D eigenvalue weighted by Gasteiger charge is 2.29. The van der Waals surface area contributed by atoms with Crippen molar-refractivity contribution in [3.05, 3.63) is 70.6 Å². The molecule has 158 valence electrons. The molecule has 0 aliphatic carbocycles. The van der Waals surface area contributed by atoms with Crippen LogP contribution in [0.25, 0.3) is 11.4 Å². The number of hydrogen-bond donors (Lipinski definition) is 1. The third-order valence-corrected chi connectivity index (χ3v) is 5.42. The van der Waals surface area contributed by atoms with Crippen molar-refractivity contribution in [2.75, 3.05) is 13.1 Å². The molecule has 0 bridgehead atoms. The van der Waals surface area contributed by atoms with Gasteiger partial charge in [0.1, 0.15) is 0 Å². The molecule has 1 aliphatic rings. The van der Waals surface area contributed by atoms with Gasteiger partial charge < -0.3 is 15.2 Å². The summed E-state index contributed by atoms with van der Waals surface area (Å²) in [5.41, 5.74) is 10.6. The summed E-state index contributed by atoms with van der Waals surface area (Å²) in [6, 6.07) is 13.8. The van der Waals surface area contributed by atoms with Gasteiger partial charge in [0.25, 0.3) is 5.91 Å². The molecule has 0 spiro atoms. The molecule has 1 aliphatic heterocycles. The summed E-state index contributed by atoms with van der Waals surface area (Å²) in [7, 11) is 0. The Bertz CT molecular complexity index is 996. The molecule has 1 amide bonds. The van der Waals surface area contributed by atoms with Crippen LogP contribution in [0.4, 0.5) is 0 Å². The minimum atomic E-state index is 0. The standard InChI is InChI=1S/C23H26N4O2.ClH/c1-15-10-16(2)12-20(11-15)23(28)27-9-3-4-19(14-27)22-25-21(26-29-22)18-7-5-17(13-24)6-8-18;/h5-8,10-12,19H,3-4,9,13-14,24H2,1-2H3;1H. The number of nitrogens with two attached hydrogens (primary N) is 1. The molecule has 1 aromatic heterocycles. The van der Waals surface area contributed by atoms with Crippen LogP contribution < -0.4 is 5.73 Å². The summed E-state index contributed by atoms with van der Waals surface area (Å²) in [6.07, 6.45) is 1.86. The van der Waals surface area contributed by atoms with Gasteiger partial charge in [-0.15, -0.1) is 12.4 Å². The van der Waals surface area contributed by atoms with Crippen molar-refractivity contribution < 1.29 is 9.32 Å². The van der Waals surface area contributed by atoms with Gasteiger partial charge in [0, 0.05) is 30.8 Å². The molecule has 2 N–H and O–H groups in total. The quantitative estimate of drug-likeness (QED) is 0.673. The van der Waals surface area contributed by atoms with Gasteiger partial charge in [0.15, 0.2) is 0 Å². The minimum absolute atomic E-state index is 0. The summed E-state index contributed by atoms with van der Waals surface area (Å²) >= 11 is 0. The monoisotopic (exact) mass is 426 g/mol. The smallest absolute Gasteiger partial charge is 0.253 e. The molecule has 4 rings (SSSR count). The van der Waals surface area contributed by atoms with Crippen LogP contribution in [0.1, 0.15) is 51.7 Å². The second-order valence-electron chi connectivity index (χ2n) is 7.82. The normalized spacial score (nSPS) is 16.2. The lowest BCUT2D eigenvalue weighted by molar-refractivity contribution is 0.0695. The molecule has 1 fully saturated rings. The highest BCUT2D eigenvalue weighted by atomic mass is 35.5. The number of hydrogen-bond acceptors (Lipinski definition) is 5. The molecule has 30 heavy (non-hydrogen) atoms. The highest BCUT2D eigenvalue weighted by molar-refractivity contribution is 5.94. The Kier molecular flexibility index (Phi) is 6.90. The highest BCUT2D eigenvalue weighted by Crippen LogP contribution is 2.28. The number of nitrogens with zero attached hydrogens (tertiary/aromatic N) is 3. The van der Waals surface area contributed by atoms with E-state index in [-0.39, 0.29) is 24.2 Å². The second-order valence-corrected chi connectivity index (χ2v) is 7.82. The van der Waals surface area contributed by atoms with Crippen molar-refractivity contribution in [3.8, 4) is 11.4 Å². The maximum Gasteiger partial charge on any atom is 0.253 e. The molecule has 6 nitrogen and oxygen atoms in total. The number of likely N-dealkylation sites (tertiary alicyclic amines) is 1. The van der Waals surface area contributed by atoms with E-state index in [1.165, 1.54) is 0 Å². The number of carbonyl (C=O) groups is 1. The van der Waals surface area contributed by atoms with Gasteiger partial charge in [0.2, 0.25) is 11.7 Å². The van der Waals surface area contributed by atoms with Crippen LogP contribution in [0.2, 0.25) is 0 Å². The number of aryl methyl sites for hydroxylation is 2. The van der Waals surface area contributed by atoms with Crippen LogP contribution in [0.5, 0.6) is 0 Å². The molecule has 1 atom stereocenters. The number of benzene rings is 2. The maximum atomic E-state index is 13.0. The number of piperidine rings is 1. The lowest BCUT2D eigenvalue weighted by Crippen LogP contribution is -2.39. The molecule has 2 heterocycles. The summed E-state index contributed by atoms with van der Waals surface area (Å²) < 4.78 is 5.56. The van der Waals surface area contributed by atoms with E-state index >= 15 is 0 Å². The van der Waals surface area contributed by atoms with Crippen molar-refractivity contribution in [2.45, 2.75) is 39.2 Å². The van der Waals surface area contributed by atoms with Gasteiger partial charge >= 0.3 is 0 Å². The molecular formula is C23H27ClN4O2. The fraction of sp³-hybridized carbons (Fsp3) is 0.348. The van der Waals surface area contributed by atoms with E-state index in [9.17, 15) is 4.79 Å². The predicted molar refractivity (Wildman–Crippen MR) is 119 cm³/mol. The van der Waals surface area contributed by atoms with E-state index < -0.39 is 0 Å². The van der Waals surface area contributed by atoms with Crippen LogP contribution >= 0.6 is 12.4 Å². The molecule has 2 aromatic carbocycles. The fourth-order valence-electron chi connectivity index (χ4n) is 3.95. The third kappa shape index (κ3) is 4.71. The van der Waals surface area contributed by atoms with Gasteiger partial charge in [-0.1, -0.05) is 46.6 Å². The Morgan fingerprint density at radius 1 is 1.17 bits per heavy atom. The van der Waals surface area contributed by atoms with E-state index in [0.717, 1.165) is 47.2 Å². The van der Waals surface area contributed by atoms with Gasteiger partial charge in [-0.25, -0.2) is 0 Å². The lowest BCUT2D eigenvalue weighted by Gasteiger charge is -2.31. The van der Waals surface area contributed by atoms with Gasteiger partial charge in [-0.05, 0) is 44.4 Å². The van der Waals surface area contributed by atoms with Crippen molar-refractivity contribution in [1.29, 1.82) is 0 Å². The van der Waals surface area contributed by atoms with Crippen molar-refractivity contribution >= 4 is 18.3 Å². The van der Waals surface area contributed by atoms with E-state index in [0.29, 0.717) is 24.8 Å². The first-order valence-corrected chi connectivity index (χ1v) is 10.0. The van der Waals surface area contributed by atoms with Crippen molar-refractivity contribution in [3.63, 3.8) is 0 Å². The second kappa shape index (κ2) is 9.41. The molecule has 1 unspecified atom stereocenters. The zero-order chi connectivity index (χ0) is 20.4. The Labute approximate surface area is 182 Å². The molecule has 3 aromatic rings. The zero-order valence-corrected chi connectivity index (χ0v) is 18.1. The Hall–Kier alpha value is -2.70. The molecule has 0 saturated carbocycles. The molecule has 0 radical (unpaired) electrons. The number of carbonyl (C=O) groups excluding carboxylic acids is 1. The van der Waals surface area contributed by atoms with E-state index in [1.807, 2.05) is 55.1 Å². The zero-order valence-electron chi connectivity index (χ0n) is 17.3. The van der Waals surface area contributed by atoms with Gasteiger partial charge in [0.05, 0.1) is 5.92 Å². The molecule has 7 heteroatoms. The summed E-state index contributed by atoms with van der Waals surface area (Å²) in [6.45, 7) is 5.89. The van der Waals surface area contributed by atoms with Gasteiger partial charge in [-0.2, -0.15) is 4.98 Å². The largest absolute Gasteiger partial charge is 0.339 e. The first kappa shape index (κ1) is 22.0. The van der Waals surface area contributed by atoms with Crippen LogP contribution in [0.15, 0.2) is 47.0 Å². The van der Waals surface area contributed by atoms with Crippen molar-refractivity contribution in [1.82, 2.24) is 15.0 Å². The van der Waals surface area contributed by atoms with Crippen molar-refractivity contribution in [2.24, 2.45) is 5.73 Å². The van der Waals surface area contributed by atoms with E-state index in [2.05, 4.69) is 16.2 Å². The topological polar surface area (TPSA) is 85.2 Å². The number of halogens is 1. The predicted octanol–water partition coefficient (Wildman–Crippen LogP) is 4.25. The first-order valence-electron chi connectivity index (χ1n) is 10.0. The SMILES string of the molecule is Cc1cc(C)cc(C(=O)N2CCCC(c3nc(-c4ccc(CN)cc4)no3)C2)c1.Cl. The molecular weight excluding hydrogens is 400 g/mol. The Morgan fingerprint density at radius 2 is 1.87 bits per heavy atom. The van der Waals surface area contributed by atoms with E-state index in [1.54, 1.807) is 0 Å². The average Bonchev–Trinajstić information content (AvgIpc) is 3.23. The van der Waals surface area contributed by atoms with Crippen LogP contribution in [0.3, 0.4) is 0 Å². The summed E-state index contributed by atoms with van der Waals surface area (Å²) in [5, 5.41) is 4.15. The Morgan fingerprint density at radius 3 is 2.53 bits per heavy atom. The number of rotatable bonds is 4. The number of aromatic nitrogens is 2. The van der Waals surface area contributed by atoms with E-state index in [4.69, 9.17) is 10.3 Å². The average molecular weight is 427 g/mol. The Balaban J connectivity index is 0.00000256. The first-order chi connectivity index (χ1) is 14.0. The maximum absolute atomic E-state index is 13.0. The fourth-order valence-corrected chi connectivity index (χ4v) is 3.95. The minimum Gasteiger partial charge on any atom is -0.339 e. The van der Waals surface area contributed by atoms with Gasteiger partial charge in [-0.3, -0.25) is 4.79 Å². The van der Waals surface area contributed by atoms with Crippen LogP contribution in [-0.2, 0) is 6.54 Å². The summed E-state index contributed by atoms with van der Waals surface area (Å²) in [4.78, 5) is 19.5. The third-order valence-electron chi connectivity index (χ3n) is 5.42. The lowest BCUT2D eigenvalue weighted by atomic mass is 9.96. The number of amides is 1.